The molecule has 0 aliphatic carbocycles. The van der Waals surface area contributed by atoms with Crippen molar-refractivity contribution in [3.8, 4) is 0 Å². The van der Waals surface area contributed by atoms with Crippen LogP contribution in [0.5, 0.6) is 0 Å². The van der Waals surface area contributed by atoms with Crippen molar-refractivity contribution in [1.82, 2.24) is 40.2 Å². The highest BCUT2D eigenvalue weighted by Gasteiger charge is 2.21. The van der Waals surface area contributed by atoms with Gasteiger partial charge in [0.2, 0.25) is 10.9 Å². The fraction of sp³-hybridized carbons (Fsp3) is 0.204. The summed E-state index contributed by atoms with van der Waals surface area (Å²) in [5.41, 5.74) is 16.6. The summed E-state index contributed by atoms with van der Waals surface area (Å²) >= 11 is 14.5. The Labute approximate surface area is 508 Å². The molecule has 19 nitrogen and oxygen atoms in total. The molecule has 0 saturated carbocycles. The van der Waals surface area contributed by atoms with Gasteiger partial charge in [-0.15, -0.1) is 0 Å². The number of H-pyrrole nitrogens is 2. The number of hydrogen-bond donors (Lipinski definition) is 6. The highest BCUT2D eigenvalue weighted by Crippen LogP contribution is 2.17. The maximum absolute atomic E-state index is 12.5. The van der Waals surface area contributed by atoms with Gasteiger partial charge in [0.1, 0.15) is 34.3 Å². The second-order valence-electron chi connectivity index (χ2n) is 16.2. The molecule has 1 amide bonds. The van der Waals surface area contributed by atoms with E-state index in [2.05, 4.69) is 136 Å². The van der Waals surface area contributed by atoms with Gasteiger partial charge < -0.3 is 41.5 Å². The molecule has 7 aromatic heterocycles. The van der Waals surface area contributed by atoms with Crippen LogP contribution in [0.3, 0.4) is 0 Å². The summed E-state index contributed by atoms with van der Waals surface area (Å²) in [5, 5.41) is 7.06. The SMILES string of the molecule is CC(=O)c1c[nH]c2nc(C)c(I)cc2c1=O.CCOC(=O)C(=CNc1ccc(I)c(C)n1)C(=O)OCC.Cc1cccc(N)n1.Cc1nc(N)ccc1I.Cc1nc2[nH]cc(C(=O)NCc3ccc(Cl)cc3)c(=O)c2cc1I. The van der Waals surface area contributed by atoms with Crippen LogP contribution in [0.25, 0.3) is 22.1 Å². The number of amides is 1. The number of aromatic nitrogens is 7. The first kappa shape index (κ1) is 64.3. The molecule has 8 aromatic rings. The third kappa shape index (κ3) is 19.6. The summed E-state index contributed by atoms with van der Waals surface area (Å²) in [5.74, 6) is -0.421. The number of nitrogen functional groups attached to an aromatic ring is 2. The molecule has 0 radical (unpaired) electrons. The highest BCUT2D eigenvalue weighted by molar-refractivity contribution is 14.1. The number of aromatic amines is 2. The van der Waals surface area contributed by atoms with E-state index < -0.39 is 17.8 Å². The van der Waals surface area contributed by atoms with Crippen LogP contribution in [-0.2, 0) is 25.6 Å². The molecule has 408 valence electrons. The van der Waals surface area contributed by atoms with Gasteiger partial charge in [-0.05, 0) is 212 Å². The monoisotopic (exact) mass is 1530 g/mol. The molecule has 0 spiro atoms. The largest absolute Gasteiger partial charge is 0.462 e. The second-order valence-corrected chi connectivity index (χ2v) is 21.3. The molecule has 0 unspecified atom stereocenters. The maximum Gasteiger partial charge on any atom is 0.347 e. The van der Waals surface area contributed by atoms with Gasteiger partial charge in [0, 0.05) is 50.1 Å². The van der Waals surface area contributed by atoms with Crippen LogP contribution < -0.4 is 33.0 Å². The number of rotatable bonds is 10. The molecular formula is C54H54ClI4N11O8. The van der Waals surface area contributed by atoms with Crippen LogP contribution >= 0.6 is 102 Å². The number of hydrogen-bond acceptors (Lipinski definition) is 16. The fourth-order valence-electron chi connectivity index (χ4n) is 6.26. The van der Waals surface area contributed by atoms with Crippen molar-refractivity contribution in [3.63, 3.8) is 0 Å². The molecule has 7 heterocycles. The standard InChI is InChI=1S/C17H13ClIN3O2.C14H17IN2O4.C11H9IN2O2.C6H7IN2.C6H8N2/c1-9-14(19)6-12-15(23)13(8-20-16(12)22-9)17(24)21-7-10-2-4-11(18)5-3-10;1-4-20-13(18)10(14(19)21-5-2)8-16-12-7-6-11(15)9(3)17-12;1-5-9(12)3-7-10(16)8(6(2)15)4-13-11(7)14-5;1-4-5(7)2-3-6(8)9-4;1-5-3-2-4-6(7)8-5/h2-6,8H,7H2,1H3,(H,21,24)(H,20,22,23);6-8H,4-5H2,1-3H3,(H,16,17);3-4H,1-2H3,(H,13,14,16);2-3H,1H3,(H2,8,9);2-4H,1H3,(H2,7,8). The molecule has 1 aromatic carbocycles. The van der Waals surface area contributed by atoms with Crippen molar-refractivity contribution in [3.05, 3.63) is 188 Å². The quantitative estimate of drug-likeness (QED) is 0.0185. The number of anilines is 3. The normalized spacial score (nSPS) is 10.2. The van der Waals surface area contributed by atoms with Crippen LogP contribution in [-0.4, -0.2) is 71.7 Å². The number of pyridine rings is 7. The van der Waals surface area contributed by atoms with E-state index >= 15 is 0 Å². The lowest BCUT2D eigenvalue weighted by Crippen LogP contribution is -2.28. The molecule has 0 bridgehead atoms. The van der Waals surface area contributed by atoms with Crippen LogP contribution in [0, 0.1) is 48.9 Å². The number of ether oxygens (including phenoxy) is 2. The summed E-state index contributed by atoms with van der Waals surface area (Å²) in [6.07, 6.45) is 4.08. The maximum atomic E-state index is 12.5. The van der Waals surface area contributed by atoms with Crippen LogP contribution in [0.1, 0.15) is 75.5 Å². The van der Waals surface area contributed by atoms with Crippen molar-refractivity contribution in [2.24, 2.45) is 0 Å². The van der Waals surface area contributed by atoms with Gasteiger partial charge in [0.25, 0.3) is 5.91 Å². The average molecular weight is 1530 g/mol. The van der Waals surface area contributed by atoms with E-state index in [1.165, 1.54) is 25.5 Å². The number of Topliss-reactive ketones (excluding diaryl/α,β-unsaturated/α-hetero) is 1. The van der Waals surface area contributed by atoms with Gasteiger partial charge in [-0.3, -0.25) is 19.2 Å². The first-order valence-corrected chi connectivity index (χ1v) is 28.1. The molecule has 24 heteroatoms. The lowest BCUT2D eigenvalue weighted by atomic mass is 10.1. The van der Waals surface area contributed by atoms with E-state index in [-0.39, 0.29) is 46.6 Å². The molecular weight excluding hydrogens is 1470 g/mol. The summed E-state index contributed by atoms with van der Waals surface area (Å²) in [6.45, 7) is 14.8. The number of benzene rings is 1. The number of carbonyl (C=O) groups excluding carboxylic acids is 4. The third-order valence-corrected chi connectivity index (χ3v) is 15.0. The van der Waals surface area contributed by atoms with Crippen molar-refractivity contribution < 1.29 is 28.7 Å². The smallest absolute Gasteiger partial charge is 0.347 e. The first-order valence-electron chi connectivity index (χ1n) is 23.4. The van der Waals surface area contributed by atoms with Crippen molar-refractivity contribution in [2.45, 2.75) is 61.9 Å². The number of ketones is 1. The minimum atomic E-state index is -0.731. The lowest BCUT2D eigenvalue weighted by Gasteiger charge is -2.08. The first-order chi connectivity index (χ1) is 36.9. The van der Waals surface area contributed by atoms with Crippen molar-refractivity contribution >= 4 is 165 Å². The van der Waals surface area contributed by atoms with Gasteiger partial charge in [-0.1, -0.05) is 29.8 Å². The van der Waals surface area contributed by atoms with E-state index in [1.807, 2.05) is 71.0 Å². The predicted molar refractivity (Wildman–Crippen MR) is 338 cm³/mol. The number of nitrogens with zero attached hydrogens (tertiary/aromatic N) is 5. The van der Waals surface area contributed by atoms with Gasteiger partial charge in [-0.25, -0.2) is 34.5 Å². The molecule has 0 aliphatic heterocycles. The number of nitrogens with two attached hydrogens (primary N) is 2. The second kappa shape index (κ2) is 31.4. The fourth-order valence-corrected chi connectivity index (χ4v) is 7.85. The van der Waals surface area contributed by atoms with Gasteiger partial charge >= 0.3 is 11.9 Å². The molecule has 0 fully saturated rings. The van der Waals surface area contributed by atoms with E-state index in [0.717, 1.165) is 48.3 Å². The molecule has 8 N–H and O–H groups in total. The molecule has 78 heavy (non-hydrogen) atoms. The highest BCUT2D eigenvalue weighted by atomic mass is 127. The van der Waals surface area contributed by atoms with Crippen molar-refractivity contribution in [2.75, 3.05) is 30.0 Å². The van der Waals surface area contributed by atoms with E-state index in [4.69, 9.17) is 32.5 Å². The van der Waals surface area contributed by atoms with Crippen LogP contribution in [0.4, 0.5) is 17.5 Å². The minimum Gasteiger partial charge on any atom is -0.462 e. The number of halogens is 5. The minimum absolute atomic E-state index is 0.0675. The van der Waals surface area contributed by atoms with Gasteiger partial charge in [0.15, 0.2) is 11.4 Å². The van der Waals surface area contributed by atoms with Gasteiger partial charge in [0.05, 0.1) is 52.3 Å². The van der Waals surface area contributed by atoms with E-state index in [1.54, 1.807) is 56.3 Å². The molecule has 0 saturated heterocycles. The Morgan fingerprint density at radius 3 is 1.58 bits per heavy atom. The summed E-state index contributed by atoms with van der Waals surface area (Å²) in [7, 11) is 0. The average Bonchev–Trinajstić information content (AvgIpc) is 3.40. The molecule has 0 aliphatic rings. The topological polar surface area (TPSA) is 293 Å². The van der Waals surface area contributed by atoms with Crippen LogP contribution in [0.15, 0.2) is 113 Å². The van der Waals surface area contributed by atoms with Crippen LogP contribution in [0.2, 0.25) is 5.02 Å². The Bertz CT molecular complexity index is 3580. The Hall–Kier alpha value is -6.18. The zero-order valence-electron chi connectivity index (χ0n) is 43.4. The molecule has 8 rings (SSSR count). The van der Waals surface area contributed by atoms with E-state index in [0.29, 0.717) is 51.1 Å². The third-order valence-electron chi connectivity index (χ3n) is 10.3. The summed E-state index contributed by atoms with van der Waals surface area (Å²) in [4.78, 5) is 98.2. The Morgan fingerprint density at radius 2 is 1.12 bits per heavy atom. The number of fused-ring (bicyclic) bond motifs is 2. The van der Waals surface area contributed by atoms with Gasteiger partial charge in [-0.2, -0.15) is 0 Å². The zero-order valence-corrected chi connectivity index (χ0v) is 52.8. The zero-order chi connectivity index (χ0) is 57.8. The van der Waals surface area contributed by atoms with E-state index in [9.17, 15) is 28.8 Å². The molecule has 0 atom stereocenters. The summed E-state index contributed by atoms with van der Waals surface area (Å²) in [6, 6.07) is 23.6. The Kier molecular flexibility index (Phi) is 25.9. The number of esters is 2. The Balaban J connectivity index is 0.000000222. The van der Waals surface area contributed by atoms with Crippen molar-refractivity contribution in [1.29, 1.82) is 0 Å². The lowest BCUT2D eigenvalue weighted by molar-refractivity contribution is -0.146. The predicted octanol–water partition coefficient (Wildman–Crippen LogP) is 10.4. The number of aryl methyl sites for hydroxylation is 5. The summed E-state index contributed by atoms with van der Waals surface area (Å²) < 4.78 is 13.6. The Morgan fingerprint density at radius 1 is 0.628 bits per heavy atom. The number of nitrogens with one attached hydrogen (secondary N) is 4. The number of carbonyl (C=O) groups is 4.